The molecule has 0 aliphatic rings. The van der Waals surface area contributed by atoms with E-state index in [1.807, 2.05) is 44.4 Å². The molecule has 0 saturated carbocycles. The van der Waals surface area contributed by atoms with Crippen LogP contribution in [0.3, 0.4) is 0 Å². The molecule has 0 bridgehead atoms. The third-order valence-corrected chi connectivity index (χ3v) is 3.14. The number of hydrogen-bond acceptors (Lipinski definition) is 5. The van der Waals surface area contributed by atoms with Gasteiger partial charge in [0, 0.05) is 20.3 Å². The summed E-state index contributed by atoms with van der Waals surface area (Å²) < 4.78 is 1.56. The molecular weight excluding hydrogens is 334 g/mol. The van der Waals surface area contributed by atoms with Crippen LogP contribution in [-0.2, 0) is 4.79 Å². The lowest BCUT2D eigenvalue weighted by atomic mass is 10.1. The molecule has 0 fully saturated rings. The molecule has 1 aromatic carbocycles. The van der Waals surface area contributed by atoms with Gasteiger partial charge in [-0.15, -0.1) is 5.10 Å². The summed E-state index contributed by atoms with van der Waals surface area (Å²) in [5, 5.41) is 11.7. The fourth-order valence-electron chi connectivity index (χ4n) is 1.80. The molecule has 21 heavy (non-hydrogen) atoms. The smallest absolute Gasteiger partial charge is 0.192 e. The first-order valence-corrected chi connectivity index (χ1v) is 7.33. The molecule has 0 unspecified atom stereocenters. The van der Waals surface area contributed by atoms with Gasteiger partial charge < -0.3 is 4.90 Å². The zero-order chi connectivity index (χ0) is 15.4. The van der Waals surface area contributed by atoms with Crippen LogP contribution >= 0.6 is 15.9 Å². The van der Waals surface area contributed by atoms with E-state index in [1.54, 1.807) is 22.7 Å². The molecule has 0 spiro atoms. The number of alkyl halides is 1. The fraction of sp³-hybridized carbons (Fsp3) is 0.286. The molecular formula is C14H16BrN5O. The van der Waals surface area contributed by atoms with E-state index in [-0.39, 0.29) is 10.6 Å². The van der Waals surface area contributed by atoms with Crippen molar-refractivity contribution in [3.63, 3.8) is 0 Å². The van der Waals surface area contributed by atoms with E-state index in [1.165, 1.54) is 0 Å². The van der Waals surface area contributed by atoms with Crippen LogP contribution in [-0.4, -0.2) is 49.8 Å². The van der Waals surface area contributed by atoms with Crippen molar-refractivity contribution in [1.82, 2.24) is 25.1 Å². The lowest BCUT2D eigenvalue weighted by Crippen LogP contribution is -2.18. The highest BCUT2D eigenvalue weighted by Gasteiger charge is 2.23. The van der Waals surface area contributed by atoms with Gasteiger partial charge in [-0.05, 0) is 29.5 Å². The second kappa shape index (κ2) is 6.62. The van der Waals surface area contributed by atoms with Crippen LogP contribution in [0, 0.1) is 0 Å². The van der Waals surface area contributed by atoms with Crippen LogP contribution in [0.1, 0.15) is 12.7 Å². The number of ketones is 1. The minimum atomic E-state index is -0.315. The molecule has 110 valence electrons. The number of carbonyl (C=O) groups excluding carboxylic acids is 1. The molecule has 0 saturated heterocycles. The first-order valence-electron chi connectivity index (χ1n) is 6.41. The zero-order valence-electron chi connectivity index (χ0n) is 12.1. The summed E-state index contributed by atoms with van der Waals surface area (Å²) >= 11 is 3.31. The number of aromatic nitrogens is 4. The molecule has 7 heteroatoms. The first kappa shape index (κ1) is 15.4. The van der Waals surface area contributed by atoms with Gasteiger partial charge in [-0.1, -0.05) is 34.1 Å². The highest BCUT2D eigenvalue weighted by atomic mass is 79.9. The van der Waals surface area contributed by atoms with Crippen molar-refractivity contribution < 1.29 is 4.79 Å². The van der Waals surface area contributed by atoms with Crippen LogP contribution in [0.2, 0.25) is 0 Å². The average molecular weight is 350 g/mol. The maximum atomic E-state index is 12.4. The molecule has 0 N–H and O–H groups in total. The summed E-state index contributed by atoms with van der Waals surface area (Å²) in [5.74, 6) is 0.349. The summed E-state index contributed by atoms with van der Waals surface area (Å²) in [6.45, 7) is 1.78. The number of benzene rings is 1. The van der Waals surface area contributed by atoms with E-state index in [9.17, 15) is 4.79 Å². The van der Waals surface area contributed by atoms with Crippen LogP contribution in [0.15, 0.2) is 36.5 Å². The van der Waals surface area contributed by atoms with Crippen molar-refractivity contribution >= 4 is 27.3 Å². The number of allylic oxidation sites excluding steroid dienone is 1. The monoisotopic (exact) mass is 349 g/mol. The van der Waals surface area contributed by atoms with Crippen LogP contribution in [0.25, 0.3) is 11.3 Å². The Balaban J connectivity index is 2.53. The highest BCUT2D eigenvalue weighted by molar-refractivity contribution is 9.10. The van der Waals surface area contributed by atoms with Crippen LogP contribution in [0.4, 0.5) is 0 Å². The van der Waals surface area contributed by atoms with E-state index >= 15 is 0 Å². The number of halogens is 1. The van der Waals surface area contributed by atoms with Crippen molar-refractivity contribution in [2.75, 3.05) is 14.1 Å². The predicted molar refractivity (Wildman–Crippen MR) is 84.2 cm³/mol. The molecule has 0 aliphatic heterocycles. The topological polar surface area (TPSA) is 63.9 Å². The summed E-state index contributed by atoms with van der Waals surface area (Å²) in [6.07, 6.45) is 1.73. The number of carbonyl (C=O) groups is 1. The van der Waals surface area contributed by atoms with E-state index in [2.05, 4.69) is 31.5 Å². The van der Waals surface area contributed by atoms with Crippen molar-refractivity contribution in [2.24, 2.45) is 0 Å². The quantitative estimate of drug-likeness (QED) is 0.609. The van der Waals surface area contributed by atoms with Gasteiger partial charge >= 0.3 is 0 Å². The normalized spacial score (nSPS) is 13.0. The van der Waals surface area contributed by atoms with Crippen molar-refractivity contribution in [1.29, 1.82) is 0 Å². The Morgan fingerprint density at radius 2 is 2.00 bits per heavy atom. The number of hydrogen-bond donors (Lipinski definition) is 0. The number of tetrazole rings is 1. The van der Waals surface area contributed by atoms with E-state index in [0.29, 0.717) is 11.4 Å². The Morgan fingerprint density at radius 3 is 2.57 bits per heavy atom. The zero-order valence-corrected chi connectivity index (χ0v) is 13.6. The molecule has 0 radical (unpaired) electrons. The minimum Gasteiger partial charge on any atom is -0.383 e. The van der Waals surface area contributed by atoms with Gasteiger partial charge in [0.05, 0.1) is 16.1 Å². The molecule has 1 aromatic heterocycles. The van der Waals surface area contributed by atoms with Gasteiger partial charge in [-0.25, -0.2) is 0 Å². The van der Waals surface area contributed by atoms with E-state index in [0.717, 1.165) is 5.69 Å². The van der Waals surface area contributed by atoms with Crippen LogP contribution in [0.5, 0.6) is 0 Å². The molecule has 2 rings (SSSR count). The SMILES string of the molecule is C[C@H](Br)C(=O)/C(=C\N(C)C)c1nnnn1-c1ccccc1. The third-order valence-electron chi connectivity index (χ3n) is 2.73. The minimum absolute atomic E-state index is 0.0734. The summed E-state index contributed by atoms with van der Waals surface area (Å²) in [5.41, 5.74) is 1.26. The van der Waals surface area contributed by atoms with Gasteiger partial charge in [-0.3, -0.25) is 4.79 Å². The van der Waals surface area contributed by atoms with Gasteiger partial charge in [0.2, 0.25) is 0 Å². The summed E-state index contributed by atoms with van der Waals surface area (Å²) in [4.78, 5) is 13.9. The Labute approximate surface area is 131 Å². The molecule has 2 aromatic rings. The van der Waals surface area contributed by atoms with Crippen molar-refractivity contribution in [3.05, 3.63) is 42.4 Å². The molecule has 0 amide bonds. The Hall–Kier alpha value is -2.02. The van der Waals surface area contributed by atoms with Crippen molar-refractivity contribution in [3.8, 4) is 5.69 Å². The standard InChI is InChI=1S/C14H16BrN5O/c1-10(15)13(21)12(9-19(2)3)14-16-17-18-20(14)11-7-5-4-6-8-11/h4-10H,1-3H3/b12-9+/t10-/m0/s1. The lowest BCUT2D eigenvalue weighted by Gasteiger charge is -2.12. The third kappa shape index (κ3) is 3.55. The molecule has 0 aliphatic carbocycles. The summed E-state index contributed by atoms with van der Waals surface area (Å²) in [6, 6.07) is 9.47. The predicted octanol–water partition coefficient (Wildman–Crippen LogP) is 1.92. The highest BCUT2D eigenvalue weighted by Crippen LogP contribution is 2.20. The number of nitrogens with zero attached hydrogens (tertiary/aromatic N) is 5. The van der Waals surface area contributed by atoms with Crippen molar-refractivity contribution in [2.45, 2.75) is 11.8 Å². The largest absolute Gasteiger partial charge is 0.383 e. The first-order chi connectivity index (χ1) is 10.0. The molecule has 1 heterocycles. The Morgan fingerprint density at radius 1 is 1.33 bits per heavy atom. The van der Waals surface area contributed by atoms with E-state index < -0.39 is 0 Å². The maximum absolute atomic E-state index is 12.4. The molecule has 6 nitrogen and oxygen atoms in total. The maximum Gasteiger partial charge on any atom is 0.192 e. The second-order valence-corrected chi connectivity index (χ2v) is 6.11. The average Bonchev–Trinajstić information content (AvgIpc) is 2.93. The number of rotatable bonds is 5. The van der Waals surface area contributed by atoms with Gasteiger partial charge in [0.25, 0.3) is 0 Å². The summed E-state index contributed by atoms with van der Waals surface area (Å²) in [7, 11) is 3.70. The Kier molecular flexibility index (Phi) is 4.85. The van der Waals surface area contributed by atoms with E-state index in [4.69, 9.17) is 0 Å². The van der Waals surface area contributed by atoms with Gasteiger partial charge in [-0.2, -0.15) is 4.68 Å². The number of Topliss-reactive ketones (excluding diaryl/α,β-unsaturated/α-hetero) is 1. The fourth-order valence-corrected chi connectivity index (χ4v) is 2.05. The number of para-hydroxylation sites is 1. The van der Waals surface area contributed by atoms with Crippen LogP contribution < -0.4 is 0 Å². The lowest BCUT2D eigenvalue weighted by molar-refractivity contribution is -0.113. The van der Waals surface area contributed by atoms with Gasteiger partial charge in [0.1, 0.15) is 0 Å². The Bertz CT molecular complexity index is 648. The van der Waals surface area contributed by atoms with Gasteiger partial charge in [0.15, 0.2) is 11.6 Å². The molecule has 1 atom stereocenters. The second-order valence-electron chi connectivity index (χ2n) is 4.74.